The van der Waals surface area contributed by atoms with Crippen molar-refractivity contribution in [2.45, 2.75) is 37.3 Å². The topological polar surface area (TPSA) is 102 Å². The molecule has 0 radical (unpaired) electrons. The number of aliphatic hydroxyl groups excluding tert-OH is 3. The van der Waals surface area contributed by atoms with Gasteiger partial charge in [0.05, 0.1) is 6.61 Å². The van der Waals surface area contributed by atoms with Crippen molar-refractivity contribution in [2.75, 3.05) is 13.2 Å². The van der Waals surface area contributed by atoms with E-state index in [2.05, 4.69) is 5.32 Å². The molecule has 0 saturated carbocycles. The lowest BCUT2D eigenvalue weighted by Gasteiger charge is -2.34. The Bertz CT molecular complexity index is 305. The third-order valence-corrected chi connectivity index (χ3v) is 2.98. The number of alkyl halides is 1. The first-order valence-corrected chi connectivity index (χ1v) is 5.38. The lowest BCUT2D eigenvalue weighted by atomic mass is 10.1. The molecule has 0 spiro atoms. The lowest BCUT2D eigenvalue weighted by Crippen LogP contribution is -2.57. The van der Waals surface area contributed by atoms with Crippen molar-refractivity contribution in [3.05, 3.63) is 0 Å². The Balaban J connectivity index is 2.05. The van der Waals surface area contributed by atoms with E-state index in [-0.39, 0.29) is 13.0 Å². The highest BCUT2D eigenvalue weighted by molar-refractivity contribution is 5.75. The highest BCUT2D eigenvalue weighted by Gasteiger charge is 2.48. The number of urea groups is 1. The van der Waals surface area contributed by atoms with Crippen molar-refractivity contribution >= 4 is 6.03 Å². The molecule has 4 N–H and O–H groups in total. The number of halogens is 1. The van der Waals surface area contributed by atoms with Gasteiger partial charge < -0.3 is 25.4 Å². The van der Waals surface area contributed by atoms with Gasteiger partial charge in [0.1, 0.15) is 18.4 Å². The summed E-state index contributed by atoms with van der Waals surface area (Å²) < 4.78 is 18.8. The van der Waals surface area contributed by atoms with Gasteiger partial charge in [0.2, 0.25) is 0 Å². The predicted molar refractivity (Wildman–Crippen MR) is 52.5 cm³/mol. The first-order chi connectivity index (χ1) is 8.04. The molecule has 7 nitrogen and oxygen atoms in total. The number of carbonyl (C=O) groups is 1. The van der Waals surface area contributed by atoms with Crippen LogP contribution < -0.4 is 5.32 Å². The fourth-order valence-electron chi connectivity index (χ4n) is 2.01. The van der Waals surface area contributed by atoms with Crippen LogP contribution >= 0.6 is 0 Å². The van der Waals surface area contributed by atoms with Crippen molar-refractivity contribution in [3.8, 4) is 0 Å². The Morgan fingerprint density at radius 3 is 2.76 bits per heavy atom. The maximum absolute atomic E-state index is 13.7. The molecule has 5 atom stereocenters. The third kappa shape index (κ3) is 2.21. The highest BCUT2D eigenvalue weighted by atomic mass is 19.1. The molecule has 0 aliphatic carbocycles. The molecule has 0 bridgehead atoms. The highest BCUT2D eigenvalue weighted by Crippen LogP contribution is 2.27. The summed E-state index contributed by atoms with van der Waals surface area (Å²) in [6.07, 6.45) is -6.18. The molecule has 2 aliphatic rings. The van der Waals surface area contributed by atoms with E-state index in [4.69, 9.17) is 9.84 Å². The number of hydrogen-bond acceptors (Lipinski definition) is 5. The molecule has 98 valence electrons. The number of ether oxygens (including phenoxy) is 1. The smallest absolute Gasteiger partial charge is 0.321 e. The molecule has 2 fully saturated rings. The van der Waals surface area contributed by atoms with E-state index in [0.29, 0.717) is 0 Å². The molecule has 1 unspecified atom stereocenters. The summed E-state index contributed by atoms with van der Waals surface area (Å²) in [7, 11) is 0. The zero-order valence-corrected chi connectivity index (χ0v) is 8.99. The standard InChI is InChI=1S/C9H15FN2O5/c10-6-7(15)4(3-13)17-8(6)12-2-1-5(14)11-9(12)16/h4-8,13-15H,1-3H2,(H,11,16)/t4-,5?,6+,7-,8-/m1/s1. The van der Waals surface area contributed by atoms with Gasteiger partial charge in [0.25, 0.3) is 0 Å². The third-order valence-electron chi connectivity index (χ3n) is 2.98. The molecule has 0 aromatic heterocycles. The molecule has 0 aromatic carbocycles. The van der Waals surface area contributed by atoms with Crippen LogP contribution in [-0.2, 0) is 4.74 Å². The van der Waals surface area contributed by atoms with Gasteiger partial charge in [0, 0.05) is 13.0 Å². The van der Waals surface area contributed by atoms with Crippen LogP contribution in [0.3, 0.4) is 0 Å². The predicted octanol–water partition coefficient (Wildman–Crippen LogP) is -1.86. The van der Waals surface area contributed by atoms with E-state index in [1.807, 2.05) is 0 Å². The molecule has 2 rings (SSSR count). The fourth-order valence-corrected chi connectivity index (χ4v) is 2.01. The van der Waals surface area contributed by atoms with Crippen molar-refractivity contribution < 1.29 is 29.2 Å². The van der Waals surface area contributed by atoms with Gasteiger partial charge in [-0.1, -0.05) is 0 Å². The van der Waals surface area contributed by atoms with Crippen LogP contribution in [0.1, 0.15) is 6.42 Å². The van der Waals surface area contributed by atoms with Crippen LogP contribution in [0.2, 0.25) is 0 Å². The second-order valence-electron chi connectivity index (χ2n) is 4.13. The summed E-state index contributed by atoms with van der Waals surface area (Å²) in [5.74, 6) is 0. The van der Waals surface area contributed by atoms with Gasteiger partial charge in [-0.25, -0.2) is 9.18 Å². The van der Waals surface area contributed by atoms with Gasteiger partial charge in [-0.3, -0.25) is 4.90 Å². The molecule has 0 aromatic rings. The number of aliphatic hydroxyl groups is 3. The number of nitrogens with zero attached hydrogens (tertiary/aromatic N) is 1. The van der Waals surface area contributed by atoms with Crippen molar-refractivity contribution in [1.29, 1.82) is 0 Å². The zero-order chi connectivity index (χ0) is 12.6. The Kier molecular flexibility index (Phi) is 3.48. The summed E-state index contributed by atoms with van der Waals surface area (Å²) in [6.45, 7) is -0.390. The Hall–Kier alpha value is -0.960. The van der Waals surface area contributed by atoms with Crippen molar-refractivity contribution in [1.82, 2.24) is 10.2 Å². The summed E-state index contributed by atoms with van der Waals surface area (Å²) in [5.41, 5.74) is 0. The Morgan fingerprint density at radius 2 is 2.24 bits per heavy atom. The van der Waals surface area contributed by atoms with E-state index in [9.17, 15) is 19.4 Å². The molecule has 2 amide bonds. The fraction of sp³-hybridized carbons (Fsp3) is 0.889. The van der Waals surface area contributed by atoms with Crippen LogP contribution in [0, 0.1) is 0 Å². The lowest BCUT2D eigenvalue weighted by molar-refractivity contribution is -0.0804. The van der Waals surface area contributed by atoms with E-state index in [1.165, 1.54) is 0 Å². The largest absolute Gasteiger partial charge is 0.394 e. The Labute approximate surface area is 96.8 Å². The maximum Gasteiger partial charge on any atom is 0.321 e. The van der Waals surface area contributed by atoms with Crippen LogP contribution in [0.5, 0.6) is 0 Å². The second kappa shape index (κ2) is 4.73. The summed E-state index contributed by atoms with van der Waals surface area (Å²) in [4.78, 5) is 12.6. The zero-order valence-electron chi connectivity index (χ0n) is 8.99. The average molecular weight is 250 g/mol. The number of carbonyl (C=O) groups excluding carboxylic acids is 1. The van der Waals surface area contributed by atoms with E-state index in [1.54, 1.807) is 0 Å². The summed E-state index contributed by atoms with van der Waals surface area (Å²) >= 11 is 0. The van der Waals surface area contributed by atoms with E-state index >= 15 is 0 Å². The number of amides is 2. The average Bonchev–Trinajstić information content (AvgIpc) is 2.57. The minimum Gasteiger partial charge on any atom is -0.394 e. The molecule has 2 heterocycles. The van der Waals surface area contributed by atoms with E-state index < -0.39 is 43.5 Å². The van der Waals surface area contributed by atoms with Gasteiger partial charge >= 0.3 is 6.03 Å². The van der Waals surface area contributed by atoms with Crippen LogP contribution in [-0.4, -0.2) is 70.2 Å². The molecule has 8 heteroatoms. The van der Waals surface area contributed by atoms with Crippen LogP contribution in [0.15, 0.2) is 0 Å². The minimum atomic E-state index is -1.77. The first kappa shape index (κ1) is 12.5. The van der Waals surface area contributed by atoms with Crippen LogP contribution in [0.25, 0.3) is 0 Å². The first-order valence-electron chi connectivity index (χ1n) is 5.38. The summed E-state index contributed by atoms with van der Waals surface area (Å²) in [6, 6.07) is -0.651. The Morgan fingerprint density at radius 1 is 1.53 bits per heavy atom. The number of rotatable bonds is 2. The number of hydrogen-bond donors (Lipinski definition) is 4. The van der Waals surface area contributed by atoms with E-state index in [0.717, 1.165) is 4.90 Å². The second-order valence-corrected chi connectivity index (χ2v) is 4.13. The van der Waals surface area contributed by atoms with Crippen molar-refractivity contribution in [3.63, 3.8) is 0 Å². The van der Waals surface area contributed by atoms with Crippen LogP contribution in [0.4, 0.5) is 9.18 Å². The normalized spacial score (nSPS) is 42.7. The number of nitrogens with one attached hydrogen (secondary N) is 1. The molecule has 17 heavy (non-hydrogen) atoms. The maximum atomic E-state index is 13.7. The molecular weight excluding hydrogens is 235 g/mol. The quantitative estimate of drug-likeness (QED) is 0.460. The molecule has 2 aliphatic heterocycles. The summed E-state index contributed by atoms with van der Waals surface area (Å²) in [5, 5.41) is 29.7. The monoisotopic (exact) mass is 250 g/mol. The van der Waals surface area contributed by atoms with Gasteiger partial charge in [0.15, 0.2) is 12.4 Å². The van der Waals surface area contributed by atoms with Gasteiger partial charge in [-0.2, -0.15) is 0 Å². The molecule has 2 saturated heterocycles. The van der Waals surface area contributed by atoms with Gasteiger partial charge in [-0.15, -0.1) is 0 Å². The van der Waals surface area contributed by atoms with Crippen molar-refractivity contribution in [2.24, 2.45) is 0 Å². The van der Waals surface area contributed by atoms with Gasteiger partial charge in [-0.05, 0) is 0 Å². The SMILES string of the molecule is O=C1NC(O)CCN1[C@@H]1O[C@H](CO)[C@@H](O)[C@@H]1F. The minimum absolute atomic E-state index is 0.128. The molecular formula is C9H15FN2O5.